The summed E-state index contributed by atoms with van der Waals surface area (Å²) in [5, 5.41) is 4.89. The van der Waals surface area contributed by atoms with Gasteiger partial charge < -0.3 is 15.8 Å². The first-order valence-corrected chi connectivity index (χ1v) is 7.83. The lowest BCUT2D eigenvalue weighted by atomic mass is 9.98. The van der Waals surface area contributed by atoms with Crippen molar-refractivity contribution in [1.29, 1.82) is 0 Å². The molecule has 23 heavy (non-hydrogen) atoms. The molecule has 1 heterocycles. The van der Waals surface area contributed by atoms with Gasteiger partial charge in [0.05, 0.1) is 0 Å². The van der Waals surface area contributed by atoms with Crippen LogP contribution in [0.25, 0.3) is 10.8 Å². The number of nitrogens with two attached hydrogens (primary N) is 1. The molecule has 5 nitrogen and oxygen atoms in total. The highest BCUT2D eigenvalue weighted by atomic mass is 16.5. The summed E-state index contributed by atoms with van der Waals surface area (Å²) in [7, 11) is 0. The van der Waals surface area contributed by atoms with Gasteiger partial charge in [-0.1, -0.05) is 42.5 Å². The third-order valence-corrected chi connectivity index (χ3v) is 4.19. The molecule has 0 radical (unpaired) electrons. The van der Waals surface area contributed by atoms with Crippen LogP contribution in [0.15, 0.2) is 42.5 Å². The average molecular weight is 312 g/mol. The fraction of sp³-hybridized carbons (Fsp3) is 0.333. The van der Waals surface area contributed by atoms with Crippen LogP contribution in [0.4, 0.5) is 0 Å². The van der Waals surface area contributed by atoms with Gasteiger partial charge in [-0.25, -0.2) is 0 Å². The monoisotopic (exact) mass is 312 g/mol. The molecule has 3 rings (SSSR count). The summed E-state index contributed by atoms with van der Waals surface area (Å²) >= 11 is 0. The van der Waals surface area contributed by atoms with Gasteiger partial charge in [-0.3, -0.25) is 9.59 Å². The SMILES string of the molecule is NC(=O)[C@H](Cc1cccc2ccccc12)NC(=O)[C@@H]1CCCO1. The molecule has 0 aliphatic carbocycles. The van der Waals surface area contributed by atoms with E-state index >= 15 is 0 Å². The predicted octanol–water partition coefficient (Wildman–Crippen LogP) is 1.53. The summed E-state index contributed by atoms with van der Waals surface area (Å²) in [5.74, 6) is -0.796. The molecule has 0 saturated carbocycles. The third kappa shape index (κ3) is 3.51. The van der Waals surface area contributed by atoms with Crippen LogP contribution < -0.4 is 11.1 Å². The highest BCUT2D eigenvalue weighted by Crippen LogP contribution is 2.20. The molecule has 2 aromatic carbocycles. The molecule has 1 aliphatic heterocycles. The van der Waals surface area contributed by atoms with Gasteiger partial charge in [0.1, 0.15) is 12.1 Å². The van der Waals surface area contributed by atoms with Crippen molar-refractivity contribution in [2.75, 3.05) is 6.61 Å². The number of nitrogens with one attached hydrogen (secondary N) is 1. The number of hydrogen-bond acceptors (Lipinski definition) is 3. The lowest BCUT2D eigenvalue weighted by molar-refractivity contribution is -0.133. The van der Waals surface area contributed by atoms with E-state index in [9.17, 15) is 9.59 Å². The van der Waals surface area contributed by atoms with E-state index in [1.54, 1.807) is 0 Å². The van der Waals surface area contributed by atoms with Crippen molar-refractivity contribution in [3.8, 4) is 0 Å². The first kappa shape index (κ1) is 15.5. The van der Waals surface area contributed by atoms with E-state index in [1.165, 1.54) is 0 Å². The fourth-order valence-electron chi connectivity index (χ4n) is 2.96. The minimum Gasteiger partial charge on any atom is -0.368 e. The maximum atomic E-state index is 12.2. The van der Waals surface area contributed by atoms with Gasteiger partial charge in [0, 0.05) is 13.0 Å². The molecule has 3 N–H and O–H groups in total. The molecule has 2 atom stereocenters. The summed E-state index contributed by atoms with van der Waals surface area (Å²) in [6.45, 7) is 0.586. The van der Waals surface area contributed by atoms with Crippen LogP contribution in [-0.4, -0.2) is 30.6 Å². The van der Waals surface area contributed by atoms with Gasteiger partial charge >= 0.3 is 0 Å². The number of amides is 2. The molecule has 1 saturated heterocycles. The third-order valence-electron chi connectivity index (χ3n) is 4.19. The molecule has 0 bridgehead atoms. The Kier molecular flexibility index (Phi) is 4.57. The van der Waals surface area contributed by atoms with Crippen LogP contribution in [0.1, 0.15) is 18.4 Å². The van der Waals surface area contributed by atoms with Crippen molar-refractivity contribution in [3.05, 3.63) is 48.0 Å². The highest BCUT2D eigenvalue weighted by Gasteiger charge is 2.27. The molecule has 1 aliphatic rings. The second-order valence-corrected chi connectivity index (χ2v) is 5.81. The predicted molar refractivity (Wildman–Crippen MR) is 87.8 cm³/mol. The number of fused-ring (bicyclic) bond motifs is 1. The van der Waals surface area contributed by atoms with Crippen LogP contribution in [-0.2, 0) is 20.7 Å². The Morgan fingerprint density at radius 3 is 2.74 bits per heavy atom. The Bertz CT molecular complexity index is 718. The smallest absolute Gasteiger partial charge is 0.249 e. The molecule has 1 fully saturated rings. The van der Waals surface area contributed by atoms with Gasteiger partial charge in [-0.15, -0.1) is 0 Å². The molecule has 0 spiro atoms. The fourth-order valence-corrected chi connectivity index (χ4v) is 2.96. The summed E-state index contributed by atoms with van der Waals surface area (Å²) in [5.41, 5.74) is 6.47. The van der Waals surface area contributed by atoms with Crippen LogP contribution in [0.3, 0.4) is 0 Å². The normalized spacial score (nSPS) is 18.7. The largest absolute Gasteiger partial charge is 0.368 e. The van der Waals surface area contributed by atoms with E-state index in [1.807, 2.05) is 42.5 Å². The molecular weight excluding hydrogens is 292 g/mol. The number of carbonyl (C=O) groups is 2. The van der Waals surface area contributed by atoms with E-state index in [-0.39, 0.29) is 5.91 Å². The van der Waals surface area contributed by atoms with Gasteiger partial charge in [0.25, 0.3) is 0 Å². The number of primary amides is 1. The molecule has 5 heteroatoms. The Morgan fingerprint density at radius 2 is 2.00 bits per heavy atom. The molecule has 0 aromatic heterocycles. The first-order valence-electron chi connectivity index (χ1n) is 7.83. The number of carbonyl (C=O) groups excluding carboxylic acids is 2. The number of hydrogen-bond donors (Lipinski definition) is 2. The first-order chi connectivity index (χ1) is 11.1. The van der Waals surface area contributed by atoms with E-state index in [4.69, 9.17) is 10.5 Å². The molecular formula is C18H20N2O3. The maximum absolute atomic E-state index is 12.2. The van der Waals surface area contributed by atoms with Crippen molar-refractivity contribution in [3.63, 3.8) is 0 Å². The van der Waals surface area contributed by atoms with Gasteiger partial charge in [0.15, 0.2) is 0 Å². The van der Waals surface area contributed by atoms with Crippen molar-refractivity contribution in [1.82, 2.24) is 5.32 Å². The average Bonchev–Trinajstić information content (AvgIpc) is 3.09. The van der Waals surface area contributed by atoms with Crippen molar-refractivity contribution < 1.29 is 14.3 Å². The summed E-state index contributed by atoms with van der Waals surface area (Å²) < 4.78 is 5.35. The zero-order chi connectivity index (χ0) is 16.2. The minimum atomic E-state index is -0.738. The van der Waals surface area contributed by atoms with E-state index in [0.717, 1.165) is 22.8 Å². The van der Waals surface area contributed by atoms with E-state index in [0.29, 0.717) is 19.4 Å². The van der Waals surface area contributed by atoms with Crippen molar-refractivity contribution in [2.24, 2.45) is 5.73 Å². The lowest BCUT2D eigenvalue weighted by Crippen LogP contribution is -2.49. The second-order valence-electron chi connectivity index (χ2n) is 5.81. The van der Waals surface area contributed by atoms with Crippen LogP contribution in [0.5, 0.6) is 0 Å². The Balaban J connectivity index is 1.78. The van der Waals surface area contributed by atoms with Gasteiger partial charge in [0.2, 0.25) is 11.8 Å². The highest BCUT2D eigenvalue weighted by molar-refractivity contribution is 5.90. The van der Waals surface area contributed by atoms with Crippen LogP contribution in [0.2, 0.25) is 0 Å². The lowest BCUT2D eigenvalue weighted by Gasteiger charge is -2.19. The zero-order valence-electron chi connectivity index (χ0n) is 12.8. The number of benzene rings is 2. The molecule has 0 unspecified atom stereocenters. The van der Waals surface area contributed by atoms with Crippen molar-refractivity contribution >= 4 is 22.6 Å². The minimum absolute atomic E-state index is 0.258. The van der Waals surface area contributed by atoms with Gasteiger partial charge in [-0.05, 0) is 29.2 Å². The summed E-state index contributed by atoms with van der Waals surface area (Å²) in [4.78, 5) is 23.9. The van der Waals surface area contributed by atoms with Crippen LogP contribution in [0, 0.1) is 0 Å². The second kappa shape index (κ2) is 6.79. The Morgan fingerprint density at radius 1 is 1.22 bits per heavy atom. The standard InChI is InChI=1S/C18H20N2O3/c19-17(21)15(20-18(22)16-9-4-10-23-16)11-13-7-3-6-12-5-1-2-8-14(12)13/h1-3,5-8,15-16H,4,9-11H2,(H2,19,21)(H,20,22)/t15-,16-/m0/s1. The zero-order valence-corrected chi connectivity index (χ0v) is 12.8. The Labute approximate surface area is 134 Å². The van der Waals surface area contributed by atoms with Gasteiger partial charge in [-0.2, -0.15) is 0 Å². The summed E-state index contributed by atoms with van der Waals surface area (Å²) in [6.07, 6.45) is 1.45. The Hall–Kier alpha value is -2.40. The maximum Gasteiger partial charge on any atom is 0.249 e. The van der Waals surface area contributed by atoms with E-state index < -0.39 is 18.1 Å². The number of rotatable bonds is 5. The number of ether oxygens (including phenoxy) is 1. The topological polar surface area (TPSA) is 81.4 Å². The summed E-state index contributed by atoms with van der Waals surface area (Å²) in [6, 6.07) is 13.1. The van der Waals surface area contributed by atoms with Crippen LogP contribution >= 0.6 is 0 Å². The van der Waals surface area contributed by atoms with Crippen molar-refractivity contribution in [2.45, 2.75) is 31.4 Å². The molecule has 2 amide bonds. The van der Waals surface area contributed by atoms with E-state index in [2.05, 4.69) is 5.32 Å². The molecule has 2 aromatic rings. The quantitative estimate of drug-likeness (QED) is 0.878. The molecule has 120 valence electrons.